The van der Waals surface area contributed by atoms with Gasteiger partial charge in [-0.2, -0.15) is 0 Å². The zero-order valence-corrected chi connectivity index (χ0v) is 16.3. The maximum atomic E-state index is 11.9. The van der Waals surface area contributed by atoms with Crippen molar-refractivity contribution in [3.05, 3.63) is 58.4 Å². The Bertz CT molecular complexity index is 826. The van der Waals surface area contributed by atoms with E-state index in [0.717, 1.165) is 42.0 Å². The van der Waals surface area contributed by atoms with E-state index in [4.69, 9.17) is 9.26 Å². The highest BCUT2D eigenvalue weighted by molar-refractivity contribution is 7.09. The van der Waals surface area contributed by atoms with Gasteiger partial charge in [0, 0.05) is 29.5 Å². The van der Waals surface area contributed by atoms with Crippen LogP contribution in [0, 0.1) is 0 Å². The molecule has 1 amide bonds. The Hall–Kier alpha value is -2.60. The number of rotatable bonds is 10. The lowest BCUT2D eigenvalue weighted by atomic mass is 10.1. The first-order valence-electron chi connectivity index (χ1n) is 9.22. The summed E-state index contributed by atoms with van der Waals surface area (Å²) < 4.78 is 10.9. The number of hydrogen-bond donors (Lipinski definition) is 1. The molecule has 3 rings (SSSR count). The number of amides is 1. The van der Waals surface area contributed by atoms with Gasteiger partial charge in [-0.25, -0.2) is 0 Å². The largest absolute Gasteiger partial charge is 0.494 e. The van der Waals surface area contributed by atoms with Crippen molar-refractivity contribution in [1.29, 1.82) is 0 Å². The van der Waals surface area contributed by atoms with Gasteiger partial charge in [-0.15, -0.1) is 11.3 Å². The number of aryl methyl sites for hydroxylation is 1. The predicted molar refractivity (Wildman–Crippen MR) is 107 cm³/mol. The van der Waals surface area contributed by atoms with E-state index in [1.54, 1.807) is 11.3 Å². The van der Waals surface area contributed by atoms with E-state index in [1.165, 1.54) is 4.88 Å². The molecule has 2 heterocycles. The van der Waals surface area contributed by atoms with Gasteiger partial charge >= 0.3 is 0 Å². The van der Waals surface area contributed by atoms with E-state index in [9.17, 15) is 4.79 Å². The molecule has 27 heavy (non-hydrogen) atoms. The van der Waals surface area contributed by atoms with Crippen LogP contribution in [0.25, 0.3) is 11.3 Å². The van der Waals surface area contributed by atoms with Crippen LogP contribution >= 0.6 is 11.3 Å². The fraction of sp³-hybridized carbons (Fsp3) is 0.333. The van der Waals surface area contributed by atoms with Crippen LogP contribution in [-0.4, -0.2) is 24.2 Å². The lowest BCUT2D eigenvalue weighted by Gasteiger charge is -2.03. The fourth-order valence-corrected chi connectivity index (χ4v) is 3.46. The summed E-state index contributed by atoms with van der Waals surface area (Å²) in [6.07, 6.45) is 2.85. The van der Waals surface area contributed by atoms with E-state index in [1.807, 2.05) is 43.3 Å². The van der Waals surface area contributed by atoms with Crippen LogP contribution in [0.2, 0.25) is 0 Å². The number of carbonyl (C=O) groups excluding carboxylic acids is 1. The van der Waals surface area contributed by atoms with Gasteiger partial charge in [-0.05, 0) is 61.9 Å². The molecule has 6 heteroatoms. The van der Waals surface area contributed by atoms with Gasteiger partial charge in [0.2, 0.25) is 5.91 Å². The number of carbonyl (C=O) groups is 1. The summed E-state index contributed by atoms with van der Waals surface area (Å²) >= 11 is 1.72. The fourth-order valence-electron chi connectivity index (χ4n) is 2.75. The third-order valence-electron chi connectivity index (χ3n) is 4.12. The van der Waals surface area contributed by atoms with Crippen molar-refractivity contribution in [3.63, 3.8) is 0 Å². The SMILES string of the molecule is CCOc1ccc(-c2cc(CCCC(=O)NCCc3cccs3)no2)cc1. The molecular formula is C21H24N2O3S. The van der Waals surface area contributed by atoms with Gasteiger partial charge < -0.3 is 14.6 Å². The van der Waals surface area contributed by atoms with Crippen molar-refractivity contribution in [2.75, 3.05) is 13.2 Å². The monoisotopic (exact) mass is 384 g/mol. The van der Waals surface area contributed by atoms with Crippen molar-refractivity contribution in [1.82, 2.24) is 10.5 Å². The summed E-state index contributed by atoms with van der Waals surface area (Å²) in [5.41, 5.74) is 1.83. The van der Waals surface area contributed by atoms with Crippen molar-refractivity contribution in [2.24, 2.45) is 0 Å². The first kappa shape index (κ1) is 19.2. The lowest BCUT2D eigenvalue weighted by molar-refractivity contribution is -0.121. The van der Waals surface area contributed by atoms with Crippen LogP contribution in [0.5, 0.6) is 5.75 Å². The molecule has 0 aliphatic rings. The zero-order valence-electron chi connectivity index (χ0n) is 15.4. The van der Waals surface area contributed by atoms with Crippen molar-refractivity contribution in [2.45, 2.75) is 32.6 Å². The summed E-state index contributed by atoms with van der Waals surface area (Å²) in [5.74, 6) is 1.65. The predicted octanol–water partition coefficient (Wildman–Crippen LogP) is 4.48. The quantitative estimate of drug-likeness (QED) is 0.560. The van der Waals surface area contributed by atoms with Crippen molar-refractivity contribution in [3.8, 4) is 17.1 Å². The minimum Gasteiger partial charge on any atom is -0.494 e. The van der Waals surface area contributed by atoms with E-state index >= 15 is 0 Å². The molecule has 0 unspecified atom stereocenters. The lowest BCUT2D eigenvalue weighted by Crippen LogP contribution is -2.25. The van der Waals surface area contributed by atoms with Crippen LogP contribution in [0.3, 0.4) is 0 Å². The minimum absolute atomic E-state index is 0.0850. The summed E-state index contributed by atoms with van der Waals surface area (Å²) in [6, 6.07) is 13.8. The normalized spacial score (nSPS) is 10.7. The average molecular weight is 385 g/mol. The second kappa shape index (κ2) is 9.92. The van der Waals surface area contributed by atoms with Gasteiger partial charge in [0.1, 0.15) is 5.75 Å². The van der Waals surface area contributed by atoms with Crippen LogP contribution in [0.1, 0.15) is 30.3 Å². The van der Waals surface area contributed by atoms with E-state index in [0.29, 0.717) is 19.6 Å². The van der Waals surface area contributed by atoms with Gasteiger partial charge in [0.05, 0.1) is 12.3 Å². The smallest absolute Gasteiger partial charge is 0.220 e. The number of hydrogen-bond acceptors (Lipinski definition) is 5. The molecule has 1 aromatic carbocycles. The minimum atomic E-state index is 0.0850. The van der Waals surface area contributed by atoms with E-state index in [2.05, 4.69) is 21.9 Å². The number of thiophene rings is 1. The molecule has 0 aliphatic carbocycles. The summed E-state index contributed by atoms with van der Waals surface area (Å²) in [6.45, 7) is 3.29. The molecule has 2 aromatic heterocycles. The third-order valence-corrected chi connectivity index (χ3v) is 5.06. The first-order chi connectivity index (χ1) is 13.2. The molecular weight excluding hydrogens is 360 g/mol. The summed E-state index contributed by atoms with van der Waals surface area (Å²) in [4.78, 5) is 13.2. The molecule has 0 saturated carbocycles. The Morgan fingerprint density at radius 1 is 1.22 bits per heavy atom. The Balaban J connectivity index is 1.39. The first-order valence-corrected chi connectivity index (χ1v) is 10.1. The molecule has 142 valence electrons. The number of benzene rings is 1. The molecule has 0 fully saturated rings. The topological polar surface area (TPSA) is 64.4 Å². The highest BCUT2D eigenvalue weighted by Gasteiger charge is 2.08. The Morgan fingerprint density at radius 2 is 2.07 bits per heavy atom. The van der Waals surface area contributed by atoms with E-state index < -0.39 is 0 Å². The second-order valence-corrected chi connectivity index (χ2v) is 7.21. The molecule has 1 N–H and O–H groups in total. The van der Waals surface area contributed by atoms with E-state index in [-0.39, 0.29) is 5.91 Å². The van der Waals surface area contributed by atoms with Gasteiger partial charge in [0.25, 0.3) is 0 Å². The molecule has 0 atom stereocenters. The molecule has 5 nitrogen and oxygen atoms in total. The Morgan fingerprint density at radius 3 is 2.81 bits per heavy atom. The average Bonchev–Trinajstić information content (AvgIpc) is 3.35. The number of nitrogens with one attached hydrogen (secondary N) is 1. The summed E-state index contributed by atoms with van der Waals surface area (Å²) in [7, 11) is 0. The Labute approximate surface area is 163 Å². The molecule has 0 aliphatic heterocycles. The molecule has 3 aromatic rings. The molecule has 0 spiro atoms. The van der Waals surface area contributed by atoms with Gasteiger partial charge in [-0.3, -0.25) is 4.79 Å². The highest BCUT2D eigenvalue weighted by atomic mass is 32.1. The van der Waals surface area contributed by atoms with Gasteiger partial charge in [-0.1, -0.05) is 11.2 Å². The Kier molecular flexibility index (Phi) is 7.04. The van der Waals surface area contributed by atoms with Crippen LogP contribution in [-0.2, 0) is 17.6 Å². The van der Waals surface area contributed by atoms with Crippen LogP contribution in [0.4, 0.5) is 0 Å². The highest BCUT2D eigenvalue weighted by Crippen LogP contribution is 2.23. The van der Waals surface area contributed by atoms with Crippen LogP contribution in [0.15, 0.2) is 52.4 Å². The van der Waals surface area contributed by atoms with Crippen LogP contribution < -0.4 is 10.1 Å². The maximum Gasteiger partial charge on any atom is 0.220 e. The number of aromatic nitrogens is 1. The standard InChI is InChI=1S/C21H24N2O3S/c1-2-25-18-10-8-16(9-11-18)20-15-17(23-26-20)5-3-7-21(24)22-13-12-19-6-4-14-27-19/h4,6,8-11,14-15H,2-3,5,7,12-13H2,1H3,(H,22,24). The van der Waals surface area contributed by atoms with Gasteiger partial charge in [0.15, 0.2) is 5.76 Å². The molecule has 0 bridgehead atoms. The molecule has 0 saturated heterocycles. The number of ether oxygens (including phenoxy) is 1. The summed E-state index contributed by atoms with van der Waals surface area (Å²) in [5, 5.41) is 9.13. The van der Waals surface area contributed by atoms with Crippen molar-refractivity contribution < 1.29 is 14.1 Å². The molecule has 0 radical (unpaired) electrons. The maximum absolute atomic E-state index is 11.9. The third kappa shape index (κ3) is 5.96. The van der Waals surface area contributed by atoms with Crippen molar-refractivity contribution >= 4 is 17.2 Å². The zero-order chi connectivity index (χ0) is 18.9. The second-order valence-electron chi connectivity index (χ2n) is 6.17. The number of nitrogens with zero attached hydrogens (tertiary/aromatic N) is 1.